The molecule has 1 amide bonds. The number of halogens is 4. The molecule has 2 N–H and O–H groups in total. The Morgan fingerprint density at radius 3 is 2.68 bits per heavy atom. The molecule has 1 saturated heterocycles. The first kappa shape index (κ1) is 21.5. The van der Waals surface area contributed by atoms with Crippen molar-refractivity contribution < 1.29 is 27.4 Å². The molecule has 0 aromatic heterocycles. The van der Waals surface area contributed by atoms with Crippen LogP contribution in [0.2, 0.25) is 0 Å². The SMILES string of the molecule is COCCOc1ccccc1CNC(=O)[C@@H]1CNC[C@H]1C(F)(F)F.Cl. The molecule has 9 heteroatoms. The highest BCUT2D eigenvalue weighted by molar-refractivity contribution is 5.85. The number of benzene rings is 1. The number of hydrogen-bond donors (Lipinski definition) is 2. The zero-order valence-corrected chi connectivity index (χ0v) is 14.6. The molecule has 1 heterocycles. The van der Waals surface area contributed by atoms with E-state index < -0.39 is 23.9 Å². The zero-order valence-electron chi connectivity index (χ0n) is 13.8. The molecular weight excluding hydrogens is 361 g/mol. The van der Waals surface area contributed by atoms with Crippen molar-refractivity contribution in [1.29, 1.82) is 0 Å². The number of amides is 1. The minimum absolute atomic E-state index is 0. The summed E-state index contributed by atoms with van der Waals surface area (Å²) in [6.07, 6.45) is -4.38. The first-order valence-corrected chi connectivity index (χ1v) is 7.68. The van der Waals surface area contributed by atoms with Gasteiger partial charge in [0.05, 0.1) is 18.4 Å². The van der Waals surface area contributed by atoms with Crippen LogP contribution in [-0.2, 0) is 16.1 Å². The van der Waals surface area contributed by atoms with Gasteiger partial charge in [-0.25, -0.2) is 0 Å². The van der Waals surface area contributed by atoms with E-state index in [1.807, 2.05) is 0 Å². The van der Waals surface area contributed by atoms with Crippen molar-refractivity contribution in [3.63, 3.8) is 0 Å². The lowest BCUT2D eigenvalue weighted by Crippen LogP contribution is -2.39. The number of rotatable bonds is 7. The van der Waals surface area contributed by atoms with Gasteiger partial charge in [-0.1, -0.05) is 18.2 Å². The van der Waals surface area contributed by atoms with Crippen LogP contribution in [-0.4, -0.2) is 45.5 Å². The molecule has 0 radical (unpaired) electrons. The maximum absolute atomic E-state index is 12.9. The van der Waals surface area contributed by atoms with E-state index in [9.17, 15) is 18.0 Å². The van der Waals surface area contributed by atoms with Crippen LogP contribution in [0.4, 0.5) is 13.2 Å². The summed E-state index contributed by atoms with van der Waals surface area (Å²) in [6.45, 7) is 0.690. The topological polar surface area (TPSA) is 59.6 Å². The maximum Gasteiger partial charge on any atom is 0.393 e. The molecule has 1 aromatic carbocycles. The molecule has 1 aromatic rings. The van der Waals surface area contributed by atoms with Crippen LogP contribution in [0.3, 0.4) is 0 Å². The van der Waals surface area contributed by atoms with Crippen molar-refractivity contribution >= 4 is 18.3 Å². The molecule has 1 fully saturated rings. The lowest BCUT2D eigenvalue weighted by Gasteiger charge is -2.21. The molecule has 1 aliphatic rings. The summed E-state index contributed by atoms with van der Waals surface area (Å²) < 4.78 is 49.2. The van der Waals surface area contributed by atoms with E-state index in [0.29, 0.717) is 24.5 Å². The van der Waals surface area contributed by atoms with Crippen LogP contribution in [0.15, 0.2) is 24.3 Å². The normalized spacial score (nSPS) is 20.0. The zero-order chi connectivity index (χ0) is 17.6. The molecule has 0 unspecified atom stereocenters. The Bertz CT molecular complexity index is 558. The molecule has 0 spiro atoms. The smallest absolute Gasteiger partial charge is 0.393 e. The average molecular weight is 383 g/mol. The quantitative estimate of drug-likeness (QED) is 0.709. The van der Waals surface area contributed by atoms with E-state index in [1.54, 1.807) is 31.4 Å². The lowest BCUT2D eigenvalue weighted by atomic mass is 9.94. The average Bonchev–Trinajstić information content (AvgIpc) is 3.04. The Kier molecular flexibility index (Phi) is 8.47. The minimum atomic E-state index is -4.38. The standard InChI is InChI=1S/C16H21F3N2O3.ClH/c1-23-6-7-24-14-5-3-2-4-11(14)8-21-15(22)12-9-20-10-13(12)16(17,18)19;/h2-5,12-13,20H,6-10H2,1H3,(H,21,22);1H/t12-,13-;/m1./s1. The van der Waals surface area contributed by atoms with Crippen molar-refractivity contribution in [2.45, 2.75) is 12.7 Å². The number of carbonyl (C=O) groups excluding carboxylic acids is 1. The predicted molar refractivity (Wildman–Crippen MR) is 88.8 cm³/mol. The van der Waals surface area contributed by atoms with Crippen LogP contribution in [0.1, 0.15) is 5.56 Å². The Balaban J connectivity index is 0.00000312. The maximum atomic E-state index is 12.9. The third kappa shape index (κ3) is 6.05. The molecule has 0 saturated carbocycles. The third-order valence-electron chi connectivity index (χ3n) is 3.94. The van der Waals surface area contributed by atoms with Gasteiger partial charge in [-0.2, -0.15) is 13.2 Å². The molecule has 5 nitrogen and oxygen atoms in total. The Morgan fingerprint density at radius 1 is 1.28 bits per heavy atom. The number of hydrogen-bond acceptors (Lipinski definition) is 4. The Labute approximate surface area is 150 Å². The molecule has 0 bridgehead atoms. The van der Waals surface area contributed by atoms with E-state index in [0.717, 1.165) is 0 Å². The van der Waals surface area contributed by atoms with Crippen LogP contribution in [0.25, 0.3) is 0 Å². The highest BCUT2D eigenvalue weighted by Gasteiger charge is 2.49. The van der Waals surface area contributed by atoms with Gasteiger partial charge in [0, 0.05) is 32.3 Å². The number of nitrogens with one attached hydrogen (secondary N) is 2. The van der Waals surface area contributed by atoms with Gasteiger partial charge in [-0.15, -0.1) is 12.4 Å². The van der Waals surface area contributed by atoms with E-state index in [4.69, 9.17) is 9.47 Å². The van der Waals surface area contributed by atoms with E-state index in [-0.39, 0.29) is 32.0 Å². The molecule has 1 aliphatic heterocycles. The first-order chi connectivity index (χ1) is 11.4. The highest BCUT2D eigenvalue weighted by Crippen LogP contribution is 2.34. The number of para-hydroxylation sites is 1. The van der Waals surface area contributed by atoms with Crippen molar-refractivity contribution in [2.24, 2.45) is 11.8 Å². The number of methoxy groups -OCH3 is 1. The minimum Gasteiger partial charge on any atom is -0.491 e. The fourth-order valence-corrected chi connectivity index (χ4v) is 2.64. The summed E-state index contributed by atoms with van der Waals surface area (Å²) in [5, 5.41) is 5.22. The van der Waals surface area contributed by atoms with Crippen LogP contribution >= 0.6 is 12.4 Å². The lowest BCUT2D eigenvalue weighted by molar-refractivity contribution is -0.182. The van der Waals surface area contributed by atoms with E-state index >= 15 is 0 Å². The largest absolute Gasteiger partial charge is 0.491 e. The third-order valence-corrected chi connectivity index (χ3v) is 3.94. The molecule has 2 atom stereocenters. The van der Waals surface area contributed by atoms with Gasteiger partial charge in [0.15, 0.2) is 0 Å². The summed E-state index contributed by atoms with van der Waals surface area (Å²) in [6, 6.07) is 7.07. The number of ether oxygens (including phenoxy) is 2. The van der Waals surface area contributed by atoms with Crippen LogP contribution in [0.5, 0.6) is 5.75 Å². The van der Waals surface area contributed by atoms with Crippen LogP contribution in [0, 0.1) is 11.8 Å². The fraction of sp³-hybridized carbons (Fsp3) is 0.562. The van der Waals surface area contributed by atoms with E-state index in [2.05, 4.69) is 10.6 Å². The summed E-state index contributed by atoms with van der Waals surface area (Å²) in [4.78, 5) is 12.1. The van der Waals surface area contributed by atoms with Gasteiger partial charge in [0.2, 0.25) is 5.91 Å². The van der Waals surface area contributed by atoms with Crippen molar-refractivity contribution in [1.82, 2.24) is 10.6 Å². The molecular formula is C16H22ClF3N2O3. The van der Waals surface area contributed by atoms with Crippen molar-refractivity contribution in [3.05, 3.63) is 29.8 Å². The van der Waals surface area contributed by atoms with Gasteiger partial charge < -0.3 is 20.1 Å². The number of alkyl halides is 3. The Hall–Kier alpha value is -1.51. The summed E-state index contributed by atoms with van der Waals surface area (Å²) in [7, 11) is 1.56. The summed E-state index contributed by atoms with van der Waals surface area (Å²) >= 11 is 0. The molecule has 0 aliphatic carbocycles. The van der Waals surface area contributed by atoms with Gasteiger partial charge in [0.1, 0.15) is 12.4 Å². The second-order valence-electron chi connectivity index (χ2n) is 5.58. The second-order valence-corrected chi connectivity index (χ2v) is 5.58. The van der Waals surface area contributed by atoms with Gasteiger partial charge >= 0.3 is 6.18 Å². The molecule has 25 heavy (non-hydrogen) atoms. The van der Waals surface area contributed by atoms with Gasteiger partial charge in [0.25, 0.3) is 0 Å². The first-order valence-electron chi connectivity index (χ1n) is 7.68. The summed E-state index contributed by atoms with van der Waals surface area (Å²) in [5.41, 5.74) is 0.705. The number of carbonyl (C=O) groups is 1. The molecule has 142 valence electrons. The van der Waals surface area contributed by atoms with Crippen molar-refractivity contribution in [3.8, 4) is 5.75 Å². The highest BCUT2D eigenvalue weighted by atomic mass is 35.5. The van der Waals surface area contributed by atoms with Gasteiger partial charge in [-0.3, -0.25) is 4.79 Å². The Morgan fingerprint density at radius 2 is 2.00 bits per heavy atom. The monoisotopic (exact) mass is 382 g/mol. The van der Waals surface area contributed by atoms with Crippen molar-refractivity contribution in [2.75, 3.05) is 33.4 Å². The van der Waals surface area contributed by atoms with E-state index in [1.165, 1.54) is 0 Å². The predicted octanol–water partition coefficient (Wildman–Crippen LogP) is 2.15. The second kappa shape index (κ2) is 9.84. The fourth-order valence-electron chi connectivity index (χ4n) is 2.64. The molecule has 2 rings (SSSR count). The van der Waals surface area contributed by atoms with Crippen LogP contribution < -0.4 is 15.4 Å². The summed E-state index contributed by atoms with van der Waals surface area (Å²) in [5.74, 6) is -2.78. The van der Waals surface area contributed by atoms with Gasteiger partial charge in [-0.05, 0) is 6.07 Å².